The van der Waals surface area contributed by atoms with Gasteiger partial charge < -0.3 is 66.8 Å². The summed E-state index contributed by atoms with van der Waals surface area (Å²) in [7, 11) is 0. The maximum Gasteiger partial charge on any atom is 5.00 e. The fraction of sp³-hybridized carbons (Fsp3) is 0.667. The number of carbonyl (C=O) groups is 1. The summed E-state index contributed by atoms with van der Waals surface area (Å²) in [5, 5.41) is 0. The molecule has 0 aliphatic carbocycles. The Morgan fingerprint density at radius 2 is 0.800 bits per heavy atom. The first kappa shape index (κ1) is 59.2. The van der Waals surface area contributed by atoms with Crippen molar-refractivity contribution < 1.29 is 89.2 Å². The van der Waals surface area contributed by atoms with Crippen LogP contribution in [-0.4, -0.2) is 5.78 Å². The summed E-state index contributed by atoms with van der Waals surface area (Å²) >= 11 is 0. The molecule has 0 saturated heterocycles. The third-order valence-corrected chi connectivity index (χ3v) is 0. The second kappa shape index (κ2) is 44.7. The summed E-state index contributed by atoms with van der Waals surface area (Å²) in [6.07, 6.45) is 0. The Balaban J connectivity index is -0.00000000300. The molecular formula is C3H6Cl5OTa. The van der Waals surface area contributed by atoms with Crippen LogP contribution in [0.2, 0.25) is 0 Å². The standard InChI is InChI=1S/C3H6O.5ClH.Ta/c1-3(2)4;;;;;;/h1-2H3;5*1H;/q;;;;;;+5/p-5. The topological polar surface area (TPSA) is 17.1 Å². The SMILES string of the molecule is CC(C)=O.[Cl-].[Cl-].[Cl-].[Cl-].[Cl-].[Ta+5]. The molecule has 0 saturated carbocycles. The second-order valence-electron chi connectivity index (χ2n) is 0.908. The molecule has 64 valence electrons. The second-order valence-corrected chi connectivity index (χ2v) is 0.908. The fourth-order valence-corrected chi connectivity index (χ4v) is 0. The number of halogens is 5. The number of hydrogen-bond acceptors (Lipinski definition) is 1. The van der Waals surface area contributed by atoms with Crippen LogP contribution in [0.1, 0.15) is 13.8 Å². The first-order chi connectivity index (χ1) is 1.73. The molecule has 0 rings (SSSR count). The molecule has 0 atom stereocenters. The summed E-state index contributed by atoms with van der Waals surface area (Å²) in [6.45, 7) is 3.06. The van der Waals surface area contributed by atoms with E-state index < -0.39 is 0 Å². The number of ketones is 1. The summed E-state index contributed by atoms with van der Waals surface area (Å²) < 4.78 is 0. The van der Waals surface area contributed by atoms with Crippen LogP contribution >= 0.6 is 0 Å². The smallest absolute Gasteiger partial charge is 1.00 e. The van der Waals surface area contributed by atoms with Crippen LogP contribution in [-0.2, 0) is 27.2 Å². The van der Waals surface area contributed by atoms with Gasteiger partial charge in [0.15, 0.2) is 0 Å². The Kier molecular flexibility index (Phi) is 265. The van der Waals surface area contributed by atoms with E-state index in [0.717, 1.165) is 0 Å². The molecule has 7 heteroatoms. The molecular weight excluding hydrogens is 410 g/mol. The Morgan fingerprint density at radius 1 is 0.800 bits per heavy atom. The molecule has 0 radical (unpaired) electrons. The fourth-order valence-electron chi connectivity index (χ4n) is 0. The summed E-state index contributed by atoms with van der Waals surface area (Å²) in [4.78, 5) is 9.44. The van der Waals surface area contributed by atoms with Gasteiger partial charge in [0.05, 0.1) is 0 Å². The van der Waals surface area contributed by atoms with Crippen molar-refractivity contribution in [3.05, 3.63) is 0 Å². The average Bonchev–Trinajstić information content (AvgIpc) is 0.811. The van der Waals surface area contributed by atoms with E-state index in [9.17, 15) is 4.79 Å². The van der Waals surface area contributed by atoms with Gasteiger partial charge in [0.1, 0.15) is 5.78 Å². The van der Waals surface area contributed by atoms with Crippen molar-refractivity contribution in [1.82, 2.24) is 0 Å². The molecule has 0 spiro atoms. The van der Waals surface area contributed by atoms with Gasteiger partial charge in [0, 0.05) is 0 Å². The normalized spacial score (nSPS) is 2.60. The van der Waals surface area contributed by atoms with Crippen molar-refractivity contribution in [3.63, 3.8) is 0 Å². The van der Waals surface area contributed by atoms with Gasteiger partial charge in [0.25, 0.3) is 0 Å². The van der Waals surface area contributed by atoms with Gasteiger partial charge in [-0.15, -0.1) is 0 Å². The van der Waals surface area contributed by atoms with Gasteiger partial charge in [-0.1, -0.05) is 0 Å². The molecule has 0 aromatic heterocycles. The van der Waals surface area contributed by atoms with Crippen LogP contribution in [0.4, 0.5) is 0 Å². The van der Waals surface area contributed by atoms with Crippen molar-refractivity contribution in [2.24, 2.45) is 0 Å². The molecule has 0 N–H and O–H groups in total. The van der Waals surface area contributed by atoms with Crippen LogP contribution in [0.3, 0.4) is 0 Å². The molecule has 0 bridgehead atoms. The van der Waals surface area contributed by atoms with Gasteiger partial charge >= 0.3 is 22.4 Å². The van der Waals surface area contributed by atoms with Crippen LogP contribution in [0, 0.1) is 0 Å². The van der Waals surface area contributed by atoms with E-state index in [1.54, 1.807) is 0 Å². The molecule has 0 aliphatic rings. The number of rotatable bonds is 0. The van der Waals surface area contributed by atoms with Crippen molar-refractivity contribution in [1.29, 1.82) is 0 Å². The molecule has 1 nitrogen and oxygen atoms in total. The Labute approximate surface area is 108 Å². The summed E-state index contributed by atoms with van der Waals surface area (Å²) in [5.41, 5.74) is 0. The first-order valence-electron chi connectivity index (χ1n) is 1.20. The zero-order valence-corrected chi connectivity index (χ0v) is 12.2. The molecule has 0 unspecified atom stereocenters. The van der Waals surface area contributed by atoms with Gasteiger partial charge in [-0.25, -0.2) is 0 Å². The van der Waals surface area contributed by atoms with Gasteiger partial charge in [-0.2, -0.15) is 0 Å². The Hall–Kier alpha value is 1.86. The molecule has 0 aliphatic heterocycles. The van der Waals surface area contributed by atoms with Crippen LogP contribution in [0.15, 0.2) is 0 Å². The largest absolute Gasteiger partial charge is 5.00 e. The molecule has 10 heavy (non-hydrogen) atoms. The summed E-state index contributed by atoms with van der Waals surface area (Å²) in [5.74, 6) is 0.167. The molecule has 0 aromatic carbocycles. The Bertz CT molecular complexity index is 39.9. The van der Waals surface area contributed by atoms with E-state index in [4.69, 9.17) is 0 Å². The predicted molar refractivity (Wildman–Crippen MR) is 16.4 cm³/mol. The molecule has 0 aromatic rings. The quantitative estimate of drug-likeness (QED) is 0.384. The van der Waals surface area contributed by atoms with E-state index in [2.05, 4.69) is 0 Å². The zero-order valence-electron chi connectivity index (χ0n) is 5.25. The Morgan fingerprint density at radius 3 is 0.800 bits per heavy atom. The van der Waals surface area contributed by atoms with E-state index in [0.29, 0.717) is 0 Å². The number of Topliss-reactive ketones (excluding diaryl/α,β-unsaturated/α-hetero) is 1. The third kappa shape index (κ3) is 224. The van der Waals surface area contributed by atoms with E-state index in [1.165, 1.54) is 13.8 Å². The molecule has 0 amide bonds. The minimum absolute atomic E-state index is 0. The van der Waals surface area contributed by atoms with Gasteiger partial charge in [-0.3, -0.25) is 0 Å². The monoisotopic (exact) mass is 414 g/mol. The molecule has 0 fully saturated rings. The predicted octanol–water partition coefficient (Wildman–Crippen LogP) is -14.4. The number of hydrogen-bond donors (Lipinski definition) is 0. The van der Waals surface area contributed by atoms with Crippen molar-refractivity contribution in [3.8, 4) is 0 Å². The van der Waals surface area contributed by atoms with E-state index in [-0.39, 0.29) is 90.2 Å². The minimum atomic E-state index is 0. The first-order valence-corrected chi connectivity index (χ1v) is 1.20. The van der Waals surface area contributed by atoms with E-state index >= 15 is 0 Å². The number of carbonyl (C=O) groups excluding carboxylic acids is 1. The molecule has 0 heterocycles. The van der Waals surface area contributed by atoms with E-state index in [1.807, 2.05) is 0 Å². The minimum Gasteiger partial charge on any atom is -1.00 e. The zero-order chi connectivity index (χ0) is 3.58. The summed E-state index contributed by atoms with van der Waals surface area (Å²) in [6, 6.07) is 0. The van der Waals surface area contributed by atoms with Crippen molar-refractivity contribution in [2.45, 2.75) is 13.8 Å². The average molecular weight is 416 g/mol. The van der Waals surface area contributed by atoms with Crippen LogP contribution < -0.4 is 62.0 Å². The maximum absolute atomic E-state index is 9.44. The van der Waals surface area contributed by atoms with Gasteiger partial charge in [0.2, 0.25) is 0 Å². The van der Waals surface area contributed by atoms with Gasteiger partial charge in [-0.05, 0) is 13.8 Å². The third-order valence-electron chi connectivity index (χ3n) is 0. The maximum atomic E-state index is 9.44. The van der Waals surface area contributed by atoms with Crippen LogP contribution in [0.5, 0.6) is 0 Å². The van der Waals surface area contributed by atoms with Crippen molar-refractivity contribution >= 4 is 5.78 Å². The van der Waals surface area contributed by atoms with Crippen LogP contribution in [0.25, 0.3) is 0 Å². The van der Waals surface area contributed by atoms with Crippen molar-refractivity contribution in [2.75, 3.05) is 0 Å².